The molecule has 0 aliphatic rings. The smallest absolute Gasteiger partial charge is 0.0715 e. The summed E-state index contributed by atoms with van der Waals surface area (Å²) in [6, 6.07) is 28.6. The monoisotopic (exact) mass is 315 g/mol. The van der Waals surface area contributed by atoms with Crippen molar-refractivity contribution in [2.24, 2.45) is 0 Å². The normalized spacial score (nSPS) is 10.8. The van der Waals surface area contributed by atoms with Crippen LogP contribution in [0.2, 0.25) is 5.02 Å². The Balaban J connectivity index is 2.00. The maximum atomic E-state index is 6.03. The Kier molecular flexibility index (Phi) is 3.57. The lowest BCUT2D eigenvalue weighted by Gasteiger charge is -2.10. The number of fused-ring (bicyclic) bond motifs is 1. The molecule has 0 fully saturated rings. The van der Waals surface area contributed by atoms with E-state index in [0.29, 0.717) is 0 Å². The summed E-state index contributed by atoms with van der Waals surface area (Å²) in [4.78, 5) is 4.82. The van der Waals surface area contributed by atoms with Gasteiger partial charge in [-0.2, -0.15) is 0 Å². The number of pyridine rings is 1. The van der Waals surface area contributed by atoms with Crippen molar-refractivity contribution in [2.75, 3.05) is 0 Å². The summed E-state index contributed by atoms with van der Waals surface area (Å²) in [7, 11) is 0. The van der Waals surface area contributed by atoms with Crippen molar-refractivity contribution in [2.45, 2.75) is 0 Å². The van der Waals surface area contributed by atoms with Gasteiger partial charge in [0.15, 0.2) is 0 Å². The minimum absolute atomic E-state index is 0.746. The van der Waals surface area contributed by atoms with Crippen LogP contribution in [-0.2, 0) is 0 Å². The first kappa shape index (κ1) is 14.0. The first-order valence-electron chi connectivity index (χ1n) is 7.52. The van der Waals surface area contributed by atoms with Gasteiger partial charge in [0, 0.05) is 16.0 Å². The lowest BCUT2D eigenvalue weighted by atomic mass is 9.98. The van der Waals surface area contributed by atoms with Gasteiger partial charge in [-0.1, -0.05) is 72.3 Å². The lowest BCUT2D eigenvalue weighted by Crippen LogP contribution is -1.89. The molecule has 0 radical (unpaired) electrons. The van der Waals surface area contributed by atoms with Gasteiger partial charge in [-0.15, -0.1) is 0 Å². The van der Waals surface area contributed by atoms with Crippen LogP contribution in [0.1, 0.15) is 0 Å². The molecular weight excluding hydrogens is 302 g/mol. The van der Waals surface area contributed by atoms with Gasteiger partial charge in [-0.3, -0.25) is 0 Å². The standard InChI is InChI=1S/C21H14ClN/c22-17-12-10-15(11-13-17)19-14-21(16-6-2-1-3-7-16)23-20-9-5-4-8-18(19)20/h1-14H. The molecule has 1 aromatic heterocycles. The van der Waals surface area contributed by atoms with E-state index in [1.54, 1.807) is 0 Å². The van der Waals surface area contributed by atoms with Crippen molar-refractivity contribution in [3.8, 4) is 22.4 Å². The van der Waals surface area contributed by atoms with Crippen LogP contribution in [0.25, 0.3) is 33.3 Å². The SMILES string of the molecule is Clc1ccc(-c2cc(-c3ccccc3)nc3ccccc23)cc1. The number of halogens is 1. The molecule has 0 amide bonds. The lowest BCUT2D eigenvalue weighted by molar-refractivity contribution is 1.40. The van der Waals surface area contributed by atoms with E-state index in [-0.39, 0.29) is 0 Å². The van der Waals surface area contributed by atoms with E-state index in [0.717, 1.165) is 32.7 Å². The number of hydrogen-bond donors (Lipinski definition) is 0. The van der Waals surface area contributed by atoms with Crippen molar-refractivity contribution >= 4 is 22.5 Å². The van der Waals surface area contributed by atoms with Gasteiger partial charge in [-0.05, 0) is 35.4 Å². The summed E-state index contributed by atoms with van der Waals surface area (Å²) in [6.45, 7) is 0. The van der Waals surface area contributed by atoms with Gasteiger partial charge in [0.05, 0.1) is 11.2 Å². The Morgan fingerprint density at radius 2 is 1.35 bits per heavy atom. The van der Waals surface area contributed by atoms with E-state index in [4.69, 9.17) is 16.6 Å². The topological polar surface area (TPSA) is 12.9 Å². The van der Waals surface area contributed by atoms with Crippen LogP contribution in [0, 0.1) is 0 Å². The van der Waals surface area contributed by atoms with Crippen molar-refractivity contribution in [3.05, 3.63) is 90.0 Å². The molecule has 23 heavy (non-hydrogen) atoms. The molecule has 0 spiro atoms. The van der Waals surface area contributed by atoms with Gasteiger partial charge in [0.1, 0.15) is 0 Å². The van der Waals surface area contributed by atoms with Crippen molar-refractivity contribution in [1.82, 2.24) is 4.98 Å². The van der Waals surface area contributed by atoms with Crippen LogP contribution in [-0.4, -0.2) is 4.98 Å². The quantitative estimate of drug-likeness (QED) is 0.428. The molecule has 0 aliphatic heterocycles. The summed E-state index contributed by atoms with van der Waals surface area (Å²) in [6.07, 6.45) is 0. The fourth-order valence-corrected chi connectivity index (χ4v) is 2.93. The number of hydrogen-bond acceptors (Lipinski definition) is 1. The third-order valence-corrected chi connectivity index (χ3v) is 4.19. The predicted molar refractivity (Wildman–Crippen MR) is 97.6 cm³/mol. The fraction of sp³-hybridized carbons (Fsp3) is 0. The number of nitrogens with zero attached hydrogens (tertiary/aromatic N) is 1. The number of aromatic nitrogens is 1. The largest absolute Gasteiger partial charge is 0.248 e. The Labute approximate surface area is 140 Å². The predicted octanol–water partition coefficient (Wildman–Crippen LogP) is 6.22. The summed E-state index contributed by atoms with van der Waals surface area (Å²) in [5.74, 6) is 0. The molecule has 2 heteroatoms. The van der Waals surface area contributed by atoms with E-state index < -0.39 is 0 Å². The van der Waals surface area contributed by atoms with Gasteiger partial charge >= 0.3 is 0 Å². The zero-order valence-corrected chi connectivity index (χ0v) is 13.2. The molecule has 0 N–H and O–H groups in total. The Morgan fingerprint density at radius 3 is 2.13 bits per heavy atom. The minimum Gasteiger partial charge on any atom is -0.248 e. The van der Waals surface area contributed by atoms with Crippen molar-refractivity contribution in [3.63, 3.8) is 0 Å². The average molecular weight is 316 g/mol. The zero-order valence-electron chi connectivity index (χ0n) is 12.4. The molecule has 4 rings (SSSR count). The molecule has 110 valence electrons. The van der Waals surface area contributed by atoms with E-state index in [1.807, 2.05) is 42.5 Å². The molecule has 3 aromatic carbocycles. The average Bonchev–Trinajstić information content (AvgIpc) is 2.62. The maximum Gasteiger partial charge on any atom is 0.0715 e. The number of para-hydroxylation sites is 1. The Hall–Kier alpha value is -2.64. The second-order valence-electron chi connectivity index (χ2n) is 5.45. The van der Waals surface area contributed by atoms with Crippen molar-refractivity contribution in [1.29, 1.82) is 0 Å². The molecule has 0 aliphatic carbocycles. The van der Waals surface area contributed by atoms with Crippen LogP contribution in [0.4, 0.5) is 0 Å². The molecule has 0 saturated carbocycles. The fourth-order valence-electron chi connectivity index (χ4n) is 2.80. The molecular formula is C21H14ClN. The minimum atomic E-state index is 0.746. The first-order chi connectivity index (χ1) is 11.3. The summed E-state index contributed by atoms with van der Waals surface area (Å²) in [5.41, 5.74) is 5.41. The van der Waals surface area contributed by atoms with Gasteiger partial charge in [0.25, 0.3) is 0 Å². The molecule has 0 saturated heterocycles. The molecule has 1 nitrogen and oxygen atoms in total. The van der Waals surface area contributed by atoms with Crippen LogP contribution >= 0.6 is 11.6 Å². The van der Waals surface area contributed by atoms with E-state index >= 15 is 0 Å². The first-order valence-corrected chi connectivity index (χ1v) is 7.90. The van der Waals surface area contributed by atoms with Crippen LogP contribution in [0.3, 0.4) is 0 Å². The molecule has 0 bridgehead atoms. The summed E-state index contributed by atoms with van der Waals surface area (Å²) >= 11 is 6.03. The Morgan fingerprint density at radius 1 is 0.652 bits per heavy atom. The number of benzene rings is 3. The second-order valence-corrected chi connectivity index (χ2v) is 5.88. The van der Waals surface area contributed by atoms with Crippen LogP contribution in [0.15, 0.2) is 84.9 Å². The molecule has 1 heterocycles. The van der Waals surface area contributed by atoms with Gasteiger partial charge in [0.2, 0.25) is 0 Å². The summed E-state index contributed by atoms with van der Waals surface area (Å²) < 4.78 is 0. The highest BCUT2D eigenvalue weighted by atomic mass is 35.5. The summed E-state index contributed by atoms with van der Waals surface area (Å²) in [5, 5.41) is 1.89. The van der Waals surface area contributed by atoms with Crippen LogP contribution in [0.5, 0.6) is 0 Å². The van der Waals surface area contributed by atoms with Gasteiger partial charge in [-0.25, -0.2) is 4.98 Å². The van der Waals surface area contributed by atoms with E-state index in [1.165, 1.54) is 5.56 Å². The highest BCUT2D eigenvalue weighted by Crippen LogP contribution is 2.32. The maximum absolute atomic E-state index is 6.03. The Bertz CT molecular complexity index is 960. The molecule has 0 atom stereocenters. The van der Waals surface area contributed by atoms with E-state index in [9.17, 15) is 0 Å². The van der Waals surface area contributed by atoms with Crippen LogP contribution < -0.4 is 0 Å². The highest BCUT2D eigenvalue weighted by Gasteiger charge is 2.09. The second kappa shape index (κ2) is 5.86. The highest BCUT2D eigenvalue weighted by molar-refractivity contribution is 6.30. The third-order valence-electron chi connectivity index (χ3n) is 3.94. The number of rotatable bonds is 2. The zero-order chi connectivity index (χ0) is 15.6. The van der Waals surface area contributed by atoms with Crippen molar-refractivity contribution < 1.29 is 0 Å². The van der Waals surface area contributed by atoms with E-state index in [2.05, 4.69) is 42.5 Å². The molecule has 0 unspecified atom stereocenters. The molecule has 4 aromatic rings. The third kappa shape index (κ3) is 2.71. The van der Waals surface area contributed by atoms with Gasteiger partial charge < -0.3 is 0 Å².